The van der Waals surface area contributed by atoms with Gasteiger partial charge in [0.25, 0.3) is 5.91 Å². The molecule has 28 heavy (non-hydrogen) atoms. The van der Waals surface area contributed by atoms with E-state index < -0.39 is 0 Å². The number of aromatic nitrogens is 1. The number of amides is 2. The Hall–Kier alpha value is -3.29. The van der Waals surface area contributed by atoms with Crippen molar-refractivity contribution in [2.45, 2.75) is 6.54 Å². The number of carbonyl (C=O) groups excluding carboxylic acids is 2. The molecule has 0 saturated carbocycles. The normalized spacial score (nSPS) is 13.8. The highest BCUT2D eigenvalue weighted by Crippen LogP contribution is 2.27. The van der Waals surface area contributed by atoms with E-state index in [0.29, 0.717) is 55.6 Å². The topological polar surface area (TPSA) is 84.0 Å². The first-order valence-electron chi connectivity index (χ1n) is 9.04. The van der Waals surface area contributed by atoms with Crippen molar-refractivity contribution in [2.24, 2.45) is 0 Å². The number of benzene rings is 1. The number of hydrogen-bond acceptors (Lipinski definition) is 6. The molecule has 2 amide bonds. The Bertz CT molecular complexity index is 835. The van der Waals surface area contributed by atoms with Gasteiger partial charge >= 0.3 is 0 Å². The highest BCUT2D eigenvalue weighted by molar-refractivity contribution is 5.95. The largest absolute Gasteiger partial charge is 0.493 e. The summed E-state index contributed by atoms with van der Waals surface area (Å²) in [6, 6.07) is 9.14. The Labute approximate surface area is 164 Å². The maximum Gasteiger partial charge on any atom is 0.254 e. The van der Waals surface area contributed by atoms with E-state index in [1.165, 1.54) is 0 Å². The average molecular weight is 384 g/mol. The minimum Gasteiger partial charge on any atom is -0.493 e. The van der Waals surface area contributed by atoms with Gasteiger partial charge in [0.1, 0.15) is 5.82 Å². The summed E-state index contributed by atoms with van der Waals surface area (Å²) < 4.78 is 10.6. The first-order chi connectivity index (χ1) is 13.6. The molecule has 1 N–H and O–H groups in total. The zero-order chi connectivity index (χ0) is 19.9. The number of nitrogens with one attached hydrogen (secondary N) is 1. The van der Waals surface area contributed by atoms with Gasteiger partial charge in [0.15, 0.2) is 11.5 Å². The summed E-state index contributed by atoms with van der Waals surface area (Å²) in [6.45, 7) is 2.72. The number of nitrogens with zero attached hydrogens (tertiary/aromatic N) is 3. The molecule has 0 spiro atoms. The van der Waals surface area contributed by atoms with Crippen molar-refractivity contribution >= 4 is 18.1 Å². The van der Waals surface area contributed by atoms with Gasteiger partial charge < -0.3 is 24.6 Å². The predicted molar refractivity (Wildman–Crippen MR) is 105 cm³/mol. The highest BCUT2D eigenvalue weighted by atomic mass is 16.5. The zero-order valence-electron chi connectivity index (χ0n) is 16.1. The monoisotopic (exact) mass is 384 g/mol. The number of anilines is 1. The van der Waals surface area contributed by atoms with Gasteiger partial charge in [0.2, 0.25) is 6.41 Å². The SMILES string of the molecule is COc1ccc(CNc2cc(C(=O)N3CCN(C=O)CC3)ccn2)cc1OC. The number of pyridine rings is 1. The molecule has 0 radical (unpaired) electrons. The summed E-state index contributed by atoms with van der Waals surface area (Å²) in [7, 11) is 3.20. The molecule has 3 rings (SSSR count). The number of rotatable bonds is 7. The predicted octanol–water partition coefficient (Wildman–Crippen LogP) is 1.63. The Balaban J connectivity index is 1.63. The molecule has 1 aliphatic heterocycles. The van der Waals surface area contributed by atoms with Gasteiger partial charge in [0.05, 0.1) is 14.2 Å². The van der Waals surface area contributed by atoms with E-state index in [1.54, 1.807) is 42.3 Å². The van der Waals surface area contributed by atoms with Crippen LogP contribution in [0, 0.1) is 0 Å². The van der Waals surface area contributed by atoms with E-state index in [1.807, 2.05) is 18.2 Å². The van der Waals surface area contributed by atoms with Crippen molar-refractivity contribution in [1.29, 1.82) is 0 Å². The van der Waals surface area contributed by atoms with E-state index in [4.69, 9.17) is 9.47 Å². The minimum absolute atomic E-state index is 0.0536. The molecule has 2 heterocycles. The molecule has 0 unspecified atom stereocenters. The van der Waals surface area contributed by atoms with E-state index in [0.717, 1.165) is 12.0 Å². The fourth-order valence-corrected chi connectivity index (χ4v) is 3.06. The van der Waals surface area contributed by atoms with Gasteiger partial charge in [-0.3, -0.25) is 9.59 Å². The molecular formula is C20H24N4O4. The van der Waals surface area contributed by atoms with Crippen molar-refractivity contribution in [3.05, 3.63) is 47.7 Å². The molecule has 148 valence electrons. The Morgan fingerprint density at radius 1 is 1.11 bits per heavy atom. The third kappa shape index (κ3) is 4.51. The Morgan fingerprint density at radius 3 is 2.54 bits per heavy atom. The van der Waals surface area contributed by atoms with Crippen LogP contribution in [-0.4, -0.2) is 67.5 Å². The van der Waals surface area contributed by atoms with Crippen LogP contribution in [0.1, 0.15) is 15.9 Å². The number of carbonyl (C=O) groups is 2. The minimum atomic E-state index is -0.0536. The van der Waals surface area contributed by atoms with Crippen molar-refractivity contribution in [1.82, 2.24) is 14.8 Å². The summed E-state index contributed by atoms with van der Waals surface area (Å²) in [5, 5.41) is 3.23. The second-order valence-electron chi connectivity index (χ2n) is 6.41. The van der Waals surface area contributed by atoms with Crippen LogP contribution in [0.3, 0.4) is 0 Å². The third-order valence-electron chi connectivity index (χ3n) is 4.68. The van der Waals surface area contributed by atoms with Crippen LogP contribution in [0.25, 0.3) is 0 Å². The maximum atomic E-state index is 12.7. The summed E-state index contributed by atoms with van der Waals surface area (Å²) in [4.78, 5) is 31.2. The first kappa shape index (κ1) is 19.5. The van der Waals surface area contributed by atoms with Crippen molar-refractivity contribution < 1.29 is 19.1 Å². The zero-order valence-corrected chi connectivity index (χ0v) is 16.1. The van der Waals surface area contributed by atoms with E-state index in [-0.39, 0.29) is 5.91 Å². The summed E-state index contributed by atoms with van der Waals surface area (Å²) in [6.07, 6.45) is 2.44. The van der Waals surface area contributed by atoms with Gasteiger partial charge in [-0.05, 0) is 29.8 Å². The molecule has 0 aliphatic carbocycles. The van der Waals surface area contributed by atoms with Crippen LogP contribution in [-0.2, 0) is 11.3 Å². The fourth-order valence-electron chi connectivity index (χ4n) is 3.06. The van der Waals surface area contributed by atoms with Crippen molar-refractivity contribution in [3.8, 4) is 11.5 Å². The van der Waals surface area contributed by atoms with Gasteiger partial charge in [0, 0.05) is 44.5 Å². The van der Waals surface area contributed by atoms with Crippen LogP contribution >= 0.6 is 0 Å². The molecule has 2 aromatic rings. The number of ether oxygens (including phenoxy) is 2. The van der Waals surface area contributed by atoms with Crippen LogP contribution < -0.4 is 14.8 Å². The lowest BCUT2D eigenvalue weighted by Crippen LogP contribution is -2.48. The molecular weight excluding hydrogens is 360 g/mol. The second kappa shape index (κ2) is 9.07. The van der Waals surface area contributed by atoms with Gasteiger partial charge in [-0.2, -0.15) is 0 Å². The number of methoxy groups -OCH3 is 2. The van der Waals surface area contributed by atoms with Crippen LogP contribution in [0.5, 0.6) is 11.5 Å². The molecule has 1 aromatic heterocycles. The first-order valence-corrected chi connectivity index (χ1v) is 9.04. The van der Waals surface area contributed by atoms with Crippen LogP contribution in [0.15, 0.2) is 36.5 Å². The Kier molecular flexibility index (Phi) is 6.31. The molecule has 1 saturated heterocycles. The lowest BCUT2D eigenvalue weighted by Gasteiger charge is -2.32. The third-order valence-corrected chi connectivity index (χ3v) is 4.68. The summed E-state index contributed by atoms with van der Waals surface area (Å²) >= 11 is 0. The van der Waals surface area contributed by atoms with Crippen LogP contribution in [0.4, 0.5) is 5.82 Å². The maximum absolute atomic E-state index is 12.7. The Morgan fingerprint density at radius 2 is 1.86 bits per heavy atom. The smallest absolute Gasteiger partial charge is 0.254 e. The molecule has 0 bridgehead atoms. The molecule has 0 atom stereocenters. The lowest BCUT2D eigenvalue weighted by molar-refractivity contribution is -0.119. The van der Waals surface area contributed by atoms with Crippen molar-refractivity contribution in [3.63, 3.8) is 0 Å². The molecule has 8 nitrogen and oxygen atoms in total. The molecule has 1 aliphatic rings. The number of piperazine rings is 1. The van der Waals surface area contributed by atoms with Gasteiger partial charge in [-0.1, -0.05) is 6.07 Å². The van der Waals surface area contributed by atoms with E-state index in [2.05, 4.69) is 10.3 Å². The highest BCUT2D eigenvalue weighted by Gasteiger charge is 2.21. The van der Waals surface area contributed by atoms with Gasteiger partial charge in [-0.15, -0.1) is 0 Å². The quantitative estimate of drug-likeness (QED) is 0.731. The average Bonchev–Trinajstić information content (AvgIpc) is 2.77. The molecule has 1 aromatic carbocycles. The van der Waals surface area contributed by atoms with Gasteiger partial charge in [-0.25, -0.2) is 4.98 Å². The standard InChI is InChI=1S/C20H24N4O4/c1-27-17-4-3-15(11-18(17)28-2)13-22-19-12-16(5-6-21-19)20(26)24-9-7-23(14-25)8-10-24/h3-6,11-12,14H,7-10,13H2,1-2H3,(H,21,22). The van der Waals surface area contributed by atoms with E-state index in [9.17, 15) is 9.59 Å². The summed E-state index contributed by atoms with van der Waals surface area (Å²) in [5.41, 5.74) is 1.57. The lowest BCUT2D eigenvalue weighted by atomic mass is 10.2. The summed E-state index contributed by atoms with van der Waals surface area (Å²) in [5.74, 6) is 1.90. The van der Waals surface area contributed by atoms with Crippen LogP contribution in [0.2, 0.25) is 0 Å². The second-order valence-corrected chi connectivity index (χ2v) is 6.41. The van der Waals surface area contributed by atoms with Crippen molar-refractivity contribution in [2.75, 3.05) is 45.7 Å². The number of hydrogen-bond donors (Lipinski definition) is 1. The van der Waals surface area contributed by atoms with E-state index >= 15 is 0 Å². The molecule has 8 heteroatoms. The molecule has 1 fully saturated rings. The fraction of sp³-hybridized carbons (Fsp3) is 0.350.